The van der Waals surface area contributed by atoms with Crippen molar-refractivity contribution < 1.29 is 9.50 Å². The first-order chi connectivity index (χ1) is 13.1. The lowest BCUT2D eigenvalue weighted by molar-refractivity contribution is 0.0943. The van der Waals surface area contributed by atoms with Gasteiger partial charge < -0.3 is 26.0 Å². The van der Waals surface area contributed by atoms with Crippen LogP contribution in [0.15, 0.2) is 24.5 Å². The molecule has 0 atom stereocenters. The quantitative estimate of drug-likeness (QED) is 0.461. The molecule has 2 aromatic heterocycles. The summed E-state index contributed by atoms with van der Waals surface area (Å²) < 4.78 is 15.5. The van der Waals surface area contributed by atoms with Gasteiger partial charge in [-0.05, 0) is 51.5 Å². The molecule has 0 fully saturated rings. The summed E-state index contributed by atoms with van der Waals surface area (Å²) >= 11 is 0. The largest absolute Gasteiger partial charge is 0.398 e. The van der Waals surface area contributed by atoms with Crippen molar-refractivity contribution in [2.75, 3.05) is 22.9 Å². The van der Waals surface area contributed by atoms with Gasteiger partial charge in [0.05, 0.1) is 11.9 Å². The second-order valence-electron chi connectivity index (χ2n) is 7.68. The molecule has 0 aliphatic rings. The van der Waals surface area contributed by atoms with Crippen LogP contribution in [0.1, 0.15) is 39.3 Å². The van der Waals surface area contributed by atoms with Gasteiger partial charge in [0.15, 0.2) is 17.0 Å². The standard InChI is InChI=1S/C19H26FN7O/c1-11(2)27-10-24-15-16(22-8-12-7-13(20)5-6-14(12)21)25-18(26-17(15)27)23-9-19(3,4)28/h5-7,10-11,28H,8-9,21H2,1-4H3,(H2,22,23,25,26). The number of rotatable bonds is 7. The number of benzene rings is 1. The van der Waals surface area contributed by atoms with E-state index in [-0.39, 0.29) is 24.9 Å². The molecule has 5 N–H and O–H groups in total. The summed E-state index contributed by atoms with van der Waals surface area (Å²) in [4.78, 5) is 13.5. The fraction of sp³-hybridized carbons (Fsp3) is 0.421. The number of halogens is 1. The van der Waals surface area contributed by atoms with Crippen LogP contribution in [0.3, 0.4) is 0 Å². The molecule has 0 radical (unpaired) electrons. The lowest BCUT2D eigenvalue weighted by Gasteiger charge is -2.18. The first-order valence-corrected chi connectivity index (χ1v) is 9.12. The molecular formula is C19H26FN7O. The van der Waals surface area contributed by atoms with Crippen LogP contribution in [0.25, 0.3) is 11.2 Å². The van der Waals surface area contributed by atoms with Crippen molar-refractivity contribution in [3.8, 4) is 0 Å². The number of fused-ring (bicyclic) bond motifs is 1. The molecule has 0 saturated carbocycles. The van der Waals surface area contributed by atoms with E-state index in [2.05, 4.69) is 25.6 Å². The molecule has 3 rings (SSSR count). The highest BCUT2D eigenvalue weighted by atomic mass is 19.1. The molecule has 2 heterocycles. The van der Waals surface area contributed by atoms with Gasteiger partial charge in [-0.1, -0.05) is 0 Å². The number of imidazole rings is 1. The molecule has 0 aliphatic carbocycles. The highest BCUT2D eigenvalue weighted by Gasteiger charge is 2.17. The van der Waals surface area contributed by atoms with Crippen molar-refractivity contribution in [1.29, 1.82) is 0 Å². The number of hydrogen-bond acceptors (Lipinski definition) is 7. The normalized spacial score (nSPS) is 12.0. The van der Waals surface area contributed by atoms with Crippen LogP contribution in [-0.2, 0) is 6.54 Å². The van der Waals surface area contributed by atoms with Gasteiger partial charge in [-0.2, -0.15) is 9.97 Å². The summed E-state index contributed by atoms with van der Waals surface area (Å²) in [6.07, 6.45) is 1.71. The van der Waals surface area contributed by atoms with Gasteiger partial charge >= 0.3 is 0 Å². The van der Waals surface area contributed by atoms with Crippen molar-refractivity contribution in [2.45, 2.75) is 45.9 Å². The van der Waals surface area contributed by atoms with Crippen molar-refractivity contribution in [3.05, 3.63) is 35.9 Å². The zero-order chi connectivity index (χ0) is 20.5. The first kappa shape index (κ1) is 19.8. The van der Waals surface area contributed by atoms with Gasteiger partial charge in [0.1, 0.15) is 5.82 Å². The highest BCUT2D eigenvalue weighted by molar-refractivity contribution is 5.84. The van der Waals surface area contributed by atoms with Crippen LogP contribution >= 0.6 is 0 Å². The van der Waals surface area contributed by atoms with Gasteiger partial charge in [-0.25, -0.2) is 9.37 Å². The second-order valence-corrected chi connectivity index (χ2v) is 7.68. The average Bonchev–Trinajstić information content (AvgIpc) is 3.04. The Morgan fingerprint density at radius 1 is 1.25 bits per heavy atom. The van der Waals surface area contributed by atoms with Crippen LogP contribution in [0.2, 0.25) is 0 Å². The topological polar surface area (TPSA) is 114 Å². The molecule has 0 bridgehead atoms. The lowest BCUT2D eigenvalue weighted by atomic mass is 10.1. The SMILES string of the molecule is CC(C)n1cnc2c(NCc3cc(F)ccc3N)nc(NCC(C)(C)O)nc21. The summed E-state index contributed by atoms with van der Waals surface area (Å²) in [6, 6.07) is 4.41. The van der Waals surface area contributed by atoms with Crippen LogP contribution < -0.4 is 16.4 Å². The molecule has 1 aromatic carbocycles. The summed E-state index contributed by atoms with van der Waals surface area (Å²) in [5.41, 5.74) is 7.41. The summed E-state index contributed by atoms with van der Waals surface area (Å²) in [5, 5.41) is 16.2. The van der Waals surface area contributed by atoms with Crippen LogP contribution in [0, 0.1) is 5.82 Å². The number of nitrogens with zero attached hydrogens (tertiary/aromatic N) is 4. The number of hydrogen-bond donors (Lipinski definition) is 4. The van der Waals surface area contributed by atoms with E-state index in [9.17, 15) is 9.50 Å². The van der Waals surface area contributed by atoms with E-state index in [0.717, 1.165) is 0 Å². The molecule has 0 spiro atoms. The molecule has 150 valence electrons. The number of aliphatic hydroxyl groups is 1. The number of aromatic nitrogens is 4. The van der Waals surface area contributed by atoms with Gasteiger partial charge in [-0.15, -0.1) is 0 Å². The molecule has 28 heavy (non-hydrogen) atoms. The van der Waals surface area contributed by atoms with E-state index in [1.807, 2.05) is 18.4 Å². The number of nitrogens with two attached hydrogens (primary N) is 1. The Hall–Kier alpha value is -2.94. The van der Waals surface area contributed by atoms with E-state index in [1.165, 1.54) is 18.2 Å². The number of anilines is 3. The van der Waals surface area contributed by atoms with Crippen molar-refractivity contribution >= 4 is 28.6 Å². The van der Waals surface area contributed by atoms with Gasteiger partial charge in [0.2, 0.25) is 5.95 Å². The third-order valence-electron chi connectivity index (χ3n) is 4.21. The van der Waals surface area contributed by atoms with Gasteiger partial charge in [-0.3, -0.25) is 0 Å². The second kappa shape index (κ2) is 7.59. The first-order valence-electron chi connectivity index (χ1n) is 9.12. The monoisotopic (exact) mass is 387 g/mol. The van der Waals surface area contributed by atoms with Crippen LogP contribution in [0.5, 0.6) is 0 Å². The minimum atomic E-state index is -0.916. The summed E-state index contributed by atoms with van der Waals surface area (Å²) in [7, 11) is 0. The maximum absolute atomic E-state index is 13.5. The Morgan fingerprint density at radius 2 is 2.00 bits per heavy atom. The maximum atomic E-state index is 13.5. The highest BCUT2D eigenvalue weighted by Crippen LogP contribution is 2.25. The summed E-state index contributed by atoms with van der Waals surface area (Å²) in [6.45, 7) is 8.03. The zero-order valence-corrected chi connectivity index (χ0v) is 16.5. The third kappa shape index (κ3) is 4.48. The Morgan fingerprint density at radius 3 is 2.68 bits per heavy atom. The Kier molecular flexibility index (Phi) is 5.37. The van der Waals surface area contributed by atoms with Crippen LogP contribution in [0.4, 0.5) is 21.8 Å². The predicted octanol–water partition coefficient (Wildman–Crippen LogP) is 2.92. The number of nitrogens with one attached hydrogen (secondary N) is 2. The molecule has 3 aromatic rings. The van der Waals surface area contributed by atoms with E-state index < -0.39 is 5.60 Å². The molecule has 0 unspecified atom stereocenters. The fourth-order valence-electron chi connectivity index (χ4n) is 2.70. The lowest BCUT2D eigenvalue weighted by Crippen LogP contribution is -2.30. The Bertz CT molecular complexity index is 978. The van der Waals surface area contributed by atoms with Crippen molar-refractivity contribution in [3.63, 3.8) is 0 Å². The molecule has 0 saturated heterocycles. The third-order valence-corrected chi connectivity index (χ3v) is 4.21. The van der Waals surface area contributed by atoms with Crippen LogP contribution in [-0.4, -0.2) is 36.8 Å². The minimum Gasteiger partial charge on any atom is -0.398 e. The zero-order valence-electron chi connectivity index (χ0n) is 16.5. The minimum absolute atomic E-state index is 0.161. The Balaban J connectivity index is 1.95. The molecular weight excluding hydrogens is 361 g/mol. The number of nitrogen functional groups attached to an aromatic ring is 1. The maximum Gasteiger partial charge on any atom is 0.226 e. The van der Waals surface area contributed by atoms with Crippen molar-refractivity contribution in [2.24, 2.45) is 0 Å². The smallest absolute Gasteiger partial charge is 0.226 e. The fourth-order valence-corrected chi connectivity index (χ4v) is 2.70. The van der Waals surface area contributed by atoms with Gasteiger partial charge in [0.25, 0.3) is 0 Å². The van der Waals surface area contributed by atoms with Crippen molar-refractivity contribution in [1.82, 2.24) is 19.5 Å². The average molecular weight is 387 g/mol. The van der Waals surface area contributed by atoms with E-state index in [4.69, 9.17) is 5.73 Å². The molecule has 0 amide bonds. The van der Waals surface area contributed by atoms with E-state index in [0.29, 0.717) is 34.2 Å². The van der Waals surface area contributed by atoms with E-state index >= 15 is 0 Å². The molecule has 0 aliphatic heterocycles. The molecule has 8 nitrogen and oxygen atoms in total. The van der Waals surface area contributed by atoms with Gasteiger partial charge in [0, 0.05) is 24.8 Å². The predicted molar refractivity (Wildman–Crippen MR) is 109 cm³/mol. The summed E-state index contributed by atoms with van der Waals surface area (Å²) in [5.74, 6) is 0.522. The van der Waals surface area contributed by atoms with E-state index in [1.54, 1.807) is 20.2 Å². The Labute approximate surface area is 163 Å². The molecule has 9 heteroatoms.